The number of fused-ring (bicyclic) bond motifs is 1. The summed E-state index contributed by atoms with van der Waals surface area (Å²) in [5, 5.41) is 9.24. The number of ether oxygens (including phenoxy) is 1. The summed E-state index contributed by atoms with van der Waals surface area (Å²) in [5.74, 6) is -1.58. The number of nitrogens with zero attached hydrogens (tertiary/aromatic N) is 1. The highest BCUT2D eigenvalue weighted by Crippen LogP contribution is 2.29. The van der Waals surface area contributed by atoms with Crippen molar-refractivity contribution in [3.05, 3.63) is 34.7 Å². The summed E-state index contributed by atoms with van der Waals surface area (Å²) in [5.41, 5.74) is -0.0280. The van der Waals surface area contributed by atoms with Crippen molar-refractivity contribution in [3.63, 3.8) is 0 Å². The number of pyridine rings is 1. The Balaban J connectivity index is 2.82. The summed E-state index contributed by atoms with van der Waals surface area (Å²) in [6, 6.07) is 3.69. The van der Waals surface area contributed by atoms with E-state index in [9.17, 15) is 9.18 Å². The maximum atomic E-state index is 13.3. The Kier molecular flexibility index (Phi) is 2.85. The number of hydrogen-bond acceptors (Lipinski definition) is 3. The number of carboxylic acids is 1. The van der Waals surface area contributed by atoms with Gasteiger partial charge in [-0.15, -0.1) is 0 Å². The van der Waals surface area contributed by atoms with Gasteiger partial charge in [-0.25, -0.2) is 14.2 Å². The summed E-state index contributed by atoms with van der Waals surface area (Å²) in [7, 11) is 1.39. The molecule has 0 aliphatic rings. The summed E-state index contributed by atoms with van der Waals surface area (Å²) >= 11 is 5.64. The Morgan fingerprint density at radius 3 is 2.76 bits per heavy atom. The normalized spacial score (nSPS) is 10.5. The van der Waals surface area contributed by atoms with Crippen LogP contribution in [0.2, 0.25) is 5.02 Å². The number of hydrogen-bond donors (Lipinski definition) is 1. The molecular weight excluding hydrogens is 249 g/mol. The van der Waals surface area contributed by atoms with Crippen molar-refractivity contribution in [2.75, 3.05) is 7.11 Å². The average molecular weight is 256 g/mol. The van der Waals surface area contributed by atoms with Crippen LogP contribution in [0.25, 0.3) is 10.9 Å². The quantitative estimate of drug-likeness (QED) is 0.896. The fourth-order valence-corrected chi connectivity index (χ4v) is 1.63. The van der Waals surface area contributed by atoms with Gasteiger partial charge in [0.25, 0.3) is 0 Å². The molecule has 0 bridgehead atoms. The summed E-state index contributed by atoms with van der Waals surface area (Å²) in [4.78, 5) is 14.6. The van der Waals surface area contributed by atoms with E-state index in [1.54, 1.807) is 0 Å². The Morgan fingerprint density at radius 1 is 1.47 bits per heavy atom. The number of carboxylic acid groups (broad SMARTS) is 1. The molecule has 2 aromatic rings. The van der Waals surface area contributed by atoms with Crippen LogP contribution in [-0.4, -0.2) is 23.2 Å². The van der Waals surface area contributed by atoms with Crippen LogP contribution in [0.5, 0.6) is 5.75 Å². The van der Waals surface area contributed by atoms with E-state index in [-0.39, 0.29) is 22.0 Å². The zero-order valence-corrected chi connectivity index (χ0v) is 9.45. The van der Waals surface area contributed by atoms with E-state index < -0.39 is 11.8 Å². The molecule has 0 radical (unpaired) electrons. The van der Waals surface area contributed by atoms with Crippen molar-refractivity contribution in [2.24, 2.45) is 0 Å². The molecule has 0 amide bonds. The molecule has 88 valence electrons. The molecule has 0 unspecified atom stereocenters. The van der Waals surface area contributed by atoms with Crippen LogP contribution in [-0.2, 0) is 0 Å². The van der Waals surface area contributed by atoms with Crippen molar-refractivity contribution in [2.45, 2.75) is 0 Å². The van der Waals surface area contributed by atoms with Gasteiger partial charge in [0.1, 0.15) is 11.6 Å². The highest BCUT2D eigenvalue weighted by Gasteiger charge is 2.13. The number of benzene rings is 1. The first-order valence-electron chi connectivity index (χ1n) is 4.60. The first-order valence-corrected chi connectivity index (χ1v) is 4.98. The maximum absolute atomic E-state index is 13.3. The Hall–Kier alpha value is -1.88. The monoisotopic (exact) mass is 255 g/mol. The highest BCUT2D eigenvalue weighted by atomic mass is 35.5. The number of carbonyl (C=O) groups is 1. The first kappa shape index (κ1) is 11.6. The molecule has 4 nitrogen and oxygen atoms in total. The number of rotatable bonds is 2. The van der Waals surface area contributed by atoms with E-state index in [0.29, 0.717) is 5.39 Å². The molecule has 1 heterocycles. The molecule has 1 aromatic carbocycles. The van der Waals surface area contributed by atoms with Crippen molar-refractivity contribution in [1.82, 2.24) is 4.98 Å². The van der Waals surface area contributed by atoms with Gasteiger partial charge in [-0.2, -0.15) is 0 Å². The third kappa shape index (κ3) is 2.01. The fraction of sp³-hybridized carbons (Fsp3) is 0.0909. The van der Waals surface area contributed by atoms with Crippen LogP contribution >= 0.6 is 11.6 Å². The van der Waals surface area contributed by atoms with Crippen LogP contribution in [0.3, 0.4) is 0 Å². The Morgan fingerprint density at radius 2 is 2.18 bits per heavy atom. The second kappa shape index (κ2) is 4.18. The maximum Gasteiger partial charge on any atom is 0.354 e. The van der Waals surface area contributed by atoms with Gasteiger partial charge in [-0.05, 0) is 6.07 Å². The Labute approximate surface area is 101 Å². The van der Waals surface area contributed by atoms with Crippen molar-refractivity contribution in [3.8, 4) is 5.75 Å². The standard InChI is InChI=1S/C11H7ClFNO3/c1-17-10-4-9(11(15)16)14-8-3-7(13)6(12)2-5(8)10/h2-4H,1H3,(H,15,16). The molecule has 0 aliphatic carbocycles. The van der Waals surface area contributed by atoms with E-state index >= 15 is 0 Å². The number of halogens is 2. The number of aromatic nitrogens is 1. The molecule has 1 N–H and O–H groups in total. The lowest BCUT2D eigenvalue weighted by atomic mass is 10.1. The first-order chi connectivity index (χ1) is 8.02. The molecule has 1 aromatic heterocycles. The smallest absolute Gasteiger partial charge is 0.354 e. The fourth-order valence-electron chi connectivity index (χ4n) is 1.47. The number of aromatic carboxylic acids is 1. The molecule has 0 aliphatic heterocycles. The van der Waals surface area contributed by atoms with Gasteiger partial charge < -0.3 is 9.84 Å². The minimum atomic E-state index is -1.21. The molecule has 0 spiro atoms. The summed E-state index contributed by atoms with van der Waals surface area (Å²) in [6.45, 7) is 0. The molecular formula is C11H7ClFNO3. The SMILES string of the molecule is COc1cc(C(=O)O)nc2cc(F)c(Cl)cc12. The predicted octanol–water partition coefficient (Wildman–Crippen LogP) is 2.73. The third-order valence-corrected chi connectivity index (χ3v) is 2.54. The zero-order valence-electron chi connectivity index (χ0n) is 8.70. The van der Waals surface area contributed by atoms with Gasteiger partial charge in [-0.3, -0.25) is 0 Å². The Bertz CT molecular complexity index is 615. The zero-order chi connectivity index (χ0) is 12.6. The predicted molar refractivity (Wildman–Crippen MR) is 60.2 cm³/mol. The van der Waals surface area contributed by atoms with Crippen LogP contribution < -0.4 is 4.74 Å². The summed E-state index contributed by atoms with van der Waals surface area (Å²) in [6.07, 6.45) is 0. The van der Waals surface area contributed by atoms with E-state index in [1.807, 2.05) is 0 Å². The molecule has 17 heavy (non-hydrogen) atoms. The molecule has 0 fully saturated rings. The van der Waals surface area contributed by atoms with Crippen LogP contribution in [0, 0.1) is 5.82 Å². The lowest BCUT2D eigenvalue weighted by Crippen LogP contribution is -2.02. The van der Waals surface area contributed by atoms with Crippen molar-refractivity contribution in [1.29, 1.82) is 0 Å². The molecule has 0 saturated carbocycles. The number of methoxy groups -OCH3 is 1. The second-order valence-corrected chi connectivity index (χ2v) is 3.71. The van der Waals surface area contributed by atoms with E-state index in [1.165, 1.54) is 19.2 Å². The largest absolute Gasteiger partial charge is 0.496 e. The highest BCUT2D eigenvalue weighted by molar-refractivity contribution is 6.31. The lowest BCUT2D eigenvalue weighted by molar-refractivity contribution is 0.0690. The third-order valence-electron chi connectivity index (χ3n) is 2.25. The second-order valence-electron chi connectivity index (χ2n) is 3.30. The van der Waals surface area contributed by atoms with Gasteiger partial charge in [0.05, 0.1) is 17.6 Å². The minimum Gasteiger partial charge on any atom is -0.496 e. The molecule has 2 rings (SSSR count). The van der Waals surface area contributed by atoms with Crippen LogP contribution in [0.15, 0.2) is 18.2 Å². The van der Waals surface area contributed by atoms with Crippen molar-refractivity contribution < 1.29 is 19.0 Å². The van der Waals surface area contributed by atoms with E-state index in [0.717, 1.165) is 6.07 Å². The molecule has 0 atom stereocenters. The lowest BCUT2D eigenvalue weighted by Gasteiger charge is -2.07. The van der Waals surface area contributed by atoms with Gasteiger partial charge in [-0.1, -0.05) is 11.6 Å². The van der Waals surface area contributed by atoms with Gasteiger partial charge in [0, 0.05) is 17.5 Å². The van der Waals surface area contributed by atoms with Crippen LogP contribution in [0.4, 0.5) is 4.39 Å². The van der Waals surface area contributed by atoms with E-state index in [4.69, 9.17) is 21.4 Å². The topological polar surface area (TPSA) is 59.4 Å². The van der Waals surface area contributed by atoms with Gasteiger partial charge in [0.15, 0.2) is 5.69 Å². The van der Waals surface area contributed by atoms with Crippen molar-refractivity contribution >= 4 is 28.5 Å². The summed E-state index contributed by atoms with van der Waals surface area (Å²) < 4.78 is 18.3. The molecule has 0 saturated heterocycles. The van der Waals surface area contributed by atoms with Crippen LogP contribution in [0.1, 0.15) is 10.5 Å². The average Bonchev–Trinajstić information content (AvgIpc) is 2.29. The molecule has 6 heteroatoms. The van der Waals surface area contributed by atoms with E-state index in [2.05, 4.69) is 4.98 Å². The van der Waals surface area contributed by atoms with Gasteiger partial charge in [0.2, 0.25) is 0 Å². The minimum absolute atomic E-state index is 0.0688. The van der Waals surface area contributed by atoms with Gasteiger partial charge >= 0.3 is 5.97 Å².